The van der Waals surface area contributed by atoms with E-state index in [2.05, 4.69) is 22.0 Å². The van der Waals surface area contributed by atoms with Crippen LogP contribution in [0.4, 0.5) is 4.79 Å². The van der Waals surface area contributed by atoms with Gasteiger partial charge in [0.25, 0.3) is 5.91 Å². The zero-order chi connectivity index (χ0) is 17.3. The highest BCUT2D eigenvalue weighted by Gasteiger charge is 2.48. The standard InChI is InChI=1S/C13H22N4O6S/c1-8-4-9(14-5-8)7-22-15-12(18)11-3-2-10-6-16(11)13(19)17(10)23-24(20)21/h8-11,14H,2-7H2,1H3,(H,15,18)(H,20,21)/t8-,9+,10?,11?/m0/s1. The van der Waals surface area contributed by atoms with Gasteiger partial charge in [-0.3, -0.25) is 14.2 Å². The van der Waals surface area contributed by atoms with Gasteiger partial charge in [0.05, 0.1) is 12.6 Å². The monoisotopic (exact) mass is 362 g/mol. The van der Waals surface area contributed by atoms with E-state index in [1.165, 1.54) is 4.90 Å². The van der Waals surface area contributed by atoms with Crippen LogP contribution in [0.2, 0.25) is 0 Å². The summed E-state index contributed by atoms with van der Waals surface area (Å²) < 4.78 is 24.2. The quantitative estimate of drug-likeness (QED) is 0.425. The number of nitrogens with zero attached hydrogens (tertiary/aromatic N) is 2. The molecule has 0 radical (unpaired) electrons. The summed E-state index contributed by atoms with van der Waals surface area (Å²) in [4.78, 5) is 31.1. The fourth-order valence-electron chi connectivity index (χ4n) is 3.50. The van der Waals surface area contributed by atoms with E-state index < -0.39 is 23.4 Å². The van der Waals surface area contributed by atoms with Crippen LogP contribution < -0.4 is 10.8 Å². The molecule has 0 saturated carbocycles. The lowest BCUT2D eigenvalue weighted by Gasteiger charge is -2.29. The van der Waals surface area contributed by atoms with Crippen LogP contribution in [0.25, 0.3) is 0 Å². The van der Waals surface area contributed by atoms with E-state index >= 15 is 0 Å². The minimum absolute atomic E-state index is 0.216. The Morgan fingerprint density at radius 3 is 2.96 bits per heavy atom. The molecule has 0 spiro atoms. The molecule has 0 aromatic heterocycles. The zero-order valence-electron chi connectivity index (χ0n) is 13.3. The number of carbonyl (C=O) groups excluding carboxylic acids is 2. The second kappa shape index (κ2) is 7.31. The number of hydroxylamine groups is 3. The zero-order valence-corrected chi connectivity index (χ0v) is 14.2. The van der Waals surface area contributed by atoms with Gasteiger partial charge in [0.2, 0.25) is 0 Å². The van der Waals surface area contributed by atoms with Crippen LogP contribution in [0.3, 0.4) is 0 Å². The topological polar surface area (TPSA) is 120 Å². The molecule has 0 aromatic carbocycles. The molecule has 3 heterocycles. The van der Waals surface area contributed by atoms with E-state index in [4.69, 9.17) is 9.39 Å². The number of fused-ring (bicyclic) bond motifs is 2. The van der Waals surface area contributed by atoms with Gasteiger partial charge in [0.15, 0.2) is 0 Å². The molecule has 10 nitrogen and oxygen atoms in total. The maximum Gasteiger partial charge on any atom is 0.346 e. The SMILES string of the molecule is C[C@@H]1CN[C@@H](CONC(=O)C2CCC3CN2C(=O)N3OS(=O)O)C1. The summed E-state index contributed by atoms with van der Waals surface area (Å²) in [6.07, 6.45) is 1.96. The van der Waals surface area contributed by atoms with E-state index in [0.29, 0.717) is 25.4 Å². The molecule has 3 rings (SSSR count). The predicted octanol–water partition coefficient (Wildman–Crippen LogP) is -0.631. The molecular formula is C13H22N4O6S. The molecule has 0 aromatic rings. The van der Waals surface area contributed by atoms with Crippen molar-refractivity contribution in [1.29, 1.82) is 0 Å². The molecule has 5 atom stereocenters. The second-order valence-electron chi connectivity index (χ2n) is 6.52. The lowest BCUT2D eigenvalue weighted by Crippen LogP contribution is -2.50. The van der Waals surface area contributed by atoms with Gasteiger partial charge in [-0.25, -0.2) is 10.3 Å². The molecule has 136 valence electrons. The Morgan fingerprint density at radius 1 is 1.50 bits per heavy atom. The van der Waals surface area contributed by atoms with Crippen LogP contribution >= 0.6 is 0 Å². The highest BCUT2D eigenvalue weighted by atomic mass is 32.2. The Kier molecular flexibility index (Phi) is 5.35. The molecule has 11 heteroatoms. The fraction of sp³-hybridized carbons (Fsp3) is 0.846. The largest absolute Gasteiger partial charge is 0.346 e. The first-order valence-corrected chi connectivity index (χ1v) is 9.03. The molecule has 0 aliphatic carbocycles. The fourth-order valence-corrected chi connectivity index (χ4v) is 3.82. The highest BCUT2D eigenvalue weighted by Crippen LogP contribution is 2.30. The van der Waals surface area contributed by atoms with Gasteiger partial charge >= 0.3 is 17.4 Å². The molecule has 3 unspecified atom stereocenters. The van der Waals surface area contributed by atoms with Crippen LogP contribution in [-0.2, 0) is 25.3 Å². The third-order valence-electron chi connectivity index (χ3n) is 4.67. The molecule has 3 fully saturated rings. The predicted molar refractivity (Wildman–Crippen MR) is 82.3 cm³/mol. The Labute approximate surface area is 142 Å². The summed E-state index contributed by atoms with van der Waals surface area (Å²) in [6.45, 7) is 3.75. The van der Waals surface area contributed by atoms with Gasteiger partial charge in [-0.1, -0.05) is 6.92 Å². The van der Waals surface area contributed by atoms with Gasteiger partial charge in [-0.15, -0.1) is 4.28 Å². The number of urea groups is 1. The molecule has 24 heavy (non-hydrogen) atoms. The molecule has 3 saturated heterocycles. The Morgan fingerprint density at radius 2 is 2.29 bits per heavy atom. The molecular weight excluding hydrogens is 340 g/mol. The van der Waals surface area contributed by atoms with Crippen molar-refractivity contribution in [3.8, 4) is 0 Å². The normalized spacial score (nSPS) is 33.8. The first-order chi connectivity index (χ1) is 11.5. The van der Waals surface area contributed by atoms with Gasteiger partial charge < -0.3 is 10.2 Å². The minimum Gasteiger partial charge on any atom is -0.311 e. The van der Waals surface area contributed by atoms with Crippen LogP contribution in [-0.4, -0.2) is 68.5 Å². The number of piperidine rings is 1. The van der Waals surface area contributed by atoms with Gasteiger partial charge in [-0.2, -0.15) is 9.27 Å². The number of hydrogen-bond acceptors (Lipinski definition) is 6. The Bertz CT molecular complexity index is 535. The number of hydrogen-bond donors (Lipinski definition) is 3. The van der Waals surface area contributed by atoms with Crippen molar-refractivity contribution in [2.24, 2.45) is 5.92 Å². The molecule has 2 bridgehead atoms. The van der Waals surface area contributed by atoms with Gasteiger partial charge in [0.1, 0.15) is 6.04 Å². The molecule has 3 amide bonds. The highest BCUT2D eigenvalue weighted by molar-refractivity contribution is 7.74. The van der Waals surface area contributed by atoms with Crippen molar-refractivity contribution in [3.05, 3.63) is 0 Å². The average molecular weight is 362 g/mol. The smallest absolute Gasteiger partial charge is 0.311 e. The first-order valence-electron chi connectivity index (χ1n) is 8.00. The summed E-state index contributed by atoms with van der Waals surface area (Å²) in [7, 11) is 0. The van der Waals surface area contributed by atoms with Crippen molar-refractivity contribution in [2.45, 2.75) is 44.3 Å². The van der Waals surface area contributed by atoms with Crippen molar-refractivity contribution in [1.82, 2.24) is 20.8 Å². The molecule has 3 aliphatic rings. The number of rotatable bonds is 6. The number of nitrogens with one attached hydrogen (secondary N) is 2. The van der Waals surface area contributed by atoms with Crippen LogP contribution in [0.1, 0.15) is 26.2 Å². The van der Waals surface area contributed by atoms with E-state index in [9.17, 15) is 13.8 Å². The second-order valence-corrected chi connectivity index (χ2v) is 7.11. The minimum atomic E-state index is -2.57. The third-order valence-corrected chi connectivity index (χ3v) is 4.96. The lowest BCUT2D eigenvalue weighted by molar-refractivity contribution is -0.139. The number of amides is 3. The van der Waals surface area contributed by atoms with Crippen LogP contribution in [0, 0.1) is 5.92 Å². The summed E-state index contributed by atoms with van der Waals surface area (Å²) in [5.74, 6) is 0.203. The van der Waals surface area contributed by atoms with Gasteiger partial charge in [0, 0.05) is 12.6 Å². The summed E-state index contributed by atoms with van der Waals surface area (Å²) in [5.41, 5.74) is 2.41. The van der Waals surface area contributed by atoms with Gasteiger partial charge in [-0.05, 0) is 31.7 Å². The maximum atomic E-state index is 12.3. The lowest BCUT2D eigenvalue weighted by atomic mass is 10.0. The van der Waals surface area contributed by atoms with Crippen molar-refractivity contribution >= 4 is 23.3 Å². The van der Waals surface area contributed by atoms with Crippen molar-refractivity contribution in [3.63, 3.8) is 0 Å². The average Bonchev–Trinajstić information content (AvgIpc) is 3.05. The Hall–Kier alpha value is -1.27. The first kappa shape index (κ1) is 17.5. The van der Waals surface area contributed by atoms with Crippen LogP contribution in [0.15, 0.2) is 0 Å². The van der Waals surface area contributed by atoms with Crippen LogP contribution in [0.5, 0.6) is 0 Å². The Balaban J connectivity index is 1.49. The summed E-state index contributed by atoms with van der Waals surface area (Å²) in [5, 5.41) is 4.18. The van der Waals surface area contributed by atoms with Crippen molar-refractivity contribution in [2.75, 3.05) is 19.7 Å². The molecule has 3 N–H and O–H groups in total. The van der Waals surface area contributed by atoms with E-state index in [1.54, 1.807) is 0 Å². The summed E-state index contributed by atoms with van der Waals surface area (Å²) >= 11 is -2.57. The van der Waals surface area contributed by atoms with E-state index in [1.807, 2.05) is 0 Å². The number of carbonyl (C=O) groups is 2. The molecule has 3 aliphatic heterocycles. The maximum absolute atomic E-state index is 12.3. The van der Waals surface area contributed by atoms with Crippen molar-refractivity contribution < 1.29 is 27.5 Å². The van der Waals surface area contributed by atoms with E-state index in [0.717, 1.165) is 18.0 Å². The third kappa shape index (κ3) is 3.70. The van der Waals surface area contributed by atoms with E-state index in [-0.39, 0.29) is 24.5 Å². The summed E-state index contributed by atoms with van der Waals surface area (Å²) in [6, 6.07) is -1.34.